The van der Waals surface area contributed by atoms with E-state index in [-0.39, 0.29) is 0 Å². The van der Waals surface area contributed by atoms with Gasteiger partial charge in [0.05, 0.1) is 0 Å². The van der Waals surface area contributed by atoms with Crippen molar-refractivity contribution in [2.24, 2.45) is 17.8 Å². The number of carboxylic acids is 1. The first kappa shape index (κ1) is 19.7. The minimum Gasteiger partial charge on any atom is -0.481 e. The smallest absolute Gasteiger partial charge is 0.303 e. The maximum Gasteiger partial charge on any atom is 0.303 e. The van der Waals surface area contributed by atoms with Gasteiger partial charge in [0.2, 0.25) is 0 Å². The summed E-state index contributed by atoms with van der Waals surface area (Å²) in [4.78, 5) is 10.5. The Kier molecular flexibility index (Phi) is 9.74. The van der Waals surface area contributed by atoms with Gasteiger partial charge in [0, 0.05) is 32.8 Å². The molecule has 1 saturated heterocycles. The van der Waals surface area contributed by atoms with Crippen LogP contribution in [0.25, 0.3) is 0 Å². The molecule has 2 rings (SSSR count). The fraction of sp³-hybridized carbons (Fsp3) is 0.950. The number of hydrogen-bond acceptors (Lipinski definition) is 3. The zero-order valence-corrected chi connectivity index (χ0v) is 15.2. The maximum atomic E-state index is 10.5. The van der Waals surface area contributed by atoms with Crippen LogP contribution >= 0.6 is 0 Å². The molecular weight excluding hydrogens is 304 g/mol. The number of hydrogen-bond donors (Lipinski definition) is 1. The molecule has 1 aliphatic heterocycles. The molecule has 1 N–H and O–H groups in total. The van der Waals surface area contributed by atoms with Gasteiger partial charge in [0.1, 0.15) is 0 Å². The van der Waals surface area contributed by atoms with E-state index in [0.717, 1.165) is 58.0 Å². The predicted molar refractivity (Wildman–Crippen MR) is 95.1 cm³/mol. The van der Waals surface area contributed by atoms with Gasteiger partial charge in [-0.2, -0.15) is 0 Å². The molecular formula is C20H36O4. The third-order valence-corrected chi connectivity index (χ3v) is 5.82. The summed E-state index contributed by atoms with van der Waals surface area (Å²) in [6.07, 6.45) is 13.8. The fourth-order valence-corrected chi connectivity index (χ4v) is 4.20. The number of rotatable bonds is 13. The van der Waals surface area contributed by atoms with E-state index in [1.165, 1.54) is 44.9 Å². The van der Waals surface area contributed by atoms with Crippen LogP contribution in [-0.4, -0.2) is 37.5 Å². The molecule has 2 aliphatic rings. The van der Waals surface area contributed by atoms with Crippen molar-refractivity contribution >= 4 is 5.97 Å². The maximum absolute atomic E-state index is 10.5. The Bertz CT molecular complexity index is 339. The lowest BCUT2D eigenvalue weighted by Crippen LogP contribution is -2.15. The summed E-state index contributed by atoms with van der Waals surface area (Å²) < 4.78 is 11.6. The zero-order chi connectivity index (χ0) is 17.0. The van der Waals surface area contributed by atoms with E-state index in [2.05, 4.69) is 0 Å². The van der Waals surface area contributed by atoms with Crippen molar-refractivity contribution in [3.05, 3.63) is 0 Å². The van der Waals surface area contributed by atoms with Crippen molar-refractivity contribution in [1.29, 1.82) is 0 Å². The van der Waals surface area contributed by atoms with E-state index in [1.807, 2.05) is 0 Å². The SMILES string of the molecule is O=C(O)CCCCCCC1COCC1CCOCCC1CCCC1. The molecule has 0 aromatic carbocycles. The van der Waals surface area contributed by atoms with Gasteiger partial charge < -0.3 is 14.6 Å². The normalized spacial score (nSPS) is 24.7. The second-order valence-electron chi connectivity index (χ2n) is 7.74. The van der Waals surface area contributed by atoms with Crippen LogP contribution in [0.3, 0.4) is 0 Å². The van der Waals surface area contributed by atoms with Gasteiger partial charge in [-0.05, 0) is 43.4 Å². The molecule has 0 spiro atoms. The van der Waals surface area contributed by atoms with Crippen LogP contribution in [0.15, 0.2) is 0 Å². The molecule has 4 heteroatoms. The number of aliphatic carboxylic acids is 1. The molecule has 2 unspecified atom stereocenters. The van der Waals surface area contributed by atoms with Crippen LogP contribution in [0.4, 0.5) is 0 Å². The molecule has 4 nitrogen and oxygen atoms in total. The van der Waals surface area contributed by atoms with Crippen molar-refractivity contribution in [2.45, 2.75) is 77.0 Å². The van der Waals surface area contributed by atoms with Crippen LogP contribution in [0, 0.1) is 17.8 Å². The van der Waals surface area contributed by atoms with Crippen LogP contribution in [0.5, 0.6) is 0 Å². The standard InChI is InChI=1S/C20H36O4/c21-20(22)10-4-2-1-3-9-18-15-24-16-19(18)12-14-23-13-11-17-7-5-6-8-17/h17-19H,1-16H2,(H,21,22). The molecule has 1 saturated carbocycles. The molecule has 1 heterocycles. The van der Waals surface area contributed by atoms with E-state index in [0.29, 0.717) is 18.3 Å². The first-order valence-electron chi connectivity index (χ1n) is 10.1. The molecule has 2 fully saturated rings. The van der Waals surface area contributed by atoms with Gasteiger partial charge in [0.15, 0.2) is 0 Å². The Labute approximate surface area is 147 Å². The van der Waals surface area contributed by atoms with Crippen molar-refractivity contribution in [1.82, 2.24) is 0 Å². The van der Waals surface area contributed by atoms with Gasteiger partial charge in [-0.1, -0.05) is 44.9 Å². The van der Waals surface area contributed by atoms with E-state index in [9.17, 15) is 4.79 Å². The molecule has 0 amide bonds. The lowest BCUT2D eigenvalue weighted by Gasteiger charge is -2.17. The third-order valence-electron chi connectivity index (χ3n) is 5.82. The summed E-state index contributed by atoms with van der Waals surface area (Å²) in [7, 11) is 0. The largest absolute Gasteiger partial charge is 0.481 e. The molecule has 0 aromatic heterocycles. The fourth-order valence-electron chi connectivity index (χ4n) is 4.20. The summed E-state index contributed by atoms with van der Waals surface area (Å²) in [6, 6.07) is 0. The van der Waals surface area contributed by atoms with E-state index >= 15 is 0 Å². The number of ether oxygens (including phenoxy) is 2. The topological polar surface area (TPSA) is 55.8 Å². The summed E-state index contributed by atoms with van der Waals surface area (Å²) >= 11 is 0. The lowest BCUT2D eigenvalue weighted by atomic mass is 9.88. The highest BCUT2D eigenvalue weighted by Gasteiger charge is 2.27. The van der Waals surface area contributed by atoms with Gasteiger partial charge in [-0.15, -0.1) is 0 Å². The number of carboxylic acid groups (broad SMARTS) is 1. The molecule has 24 heavy (non-hydrogen) atoms. The minimum absolute atomic E-state index is 0.313. The van der Waals surface area contributed by atoms with Crippen LogP contribution in [-0.2, 0) is 14.3 Å². The summed E-state index contributed by atoms with van der Waals surface area (Å²) in [5, 5.41) is 8.63. The highest BCUT2D eigenvalue weighted by molar-refractivity contribution is 5.66. The van der Waals surface area contributed by atoms with Crippen molar-refractivity contribution in [3.8, 4) is 0 Å². The average Bonchev–Trinajstić information content (AvgIpc) is 3.22. The highest BCUT2D eigenvalue weighted by Crippen LogP contribution is 2.29. The summed E-state index contributed by atoms with van der Waals surface area (Å²) in [5.41, 5.74) is 0. The van der Waals surface area contributed by atoms with Gasteiger partial charge in [-0.25, -0.2) is 0 Å². The monoisotopic (exact) mass is 340 g/mol. The minimum atomic E-state index is -0.674. The second-order valence-corrected chi connectivity index (χ2v) is 7.74. The van der Waals surface area contributed by atoms with Crippen molar-refractivity contribution in [2.75, 3.05) is 26.4 Å². The van der Waals surface area contributed by atoms with Crippen LogP contribution in [0.2, 0.25) is 0 Å². The Morgan fingerprint density at radius 3 is 2.33 bits per heavy atom. The first-order valence-corrected chi connectivity index (χ1v) is 10.1. The van der Waals surface area contributed by atoms with Gasteiger partial charge >= 0.3 is 5.97 Å². The Balaban J connectivity index is 1.45. The second kappa shape index (κ2) is 11.9. The molecule has 0 aromatic rings. The average molecular weight is 341 g/mol. The van der Waals surface area contributed by atoms with E-state index < -0.39 is 5.97 Å². The Morgan fingerprint density at radius 2 is 1.58 bits per heavy atom. The zero-order valence-electron chi connectivity index (χ0n) is 15.2. The predicted octanol–water partition coefficient (Wildman–Crippen LogP) is 4.66. The quantitative estimate of drug-likeness (QED) is 0.495. The van der Waals surface area contributed by atoms with E-state index in [4.69, 9.17) is 14.6 Å². The van der Waals surface area contributed by atoms with E-state index in [1.54, 1.807) is 0 Å². The third kappa shape index (κ3) is 7.98. The van der Waals surface area contributed by atoms with Gasteiger partial charge in [0.25, 0.3) is 0 Å². The summed E-state index contributed by atoms with van der Waals surface area (Å²) in [6.45, 7) is 3.62. The van der Waals surface area contributed by atoms with Gasteiger partial charge in [-0.3, -0.25) is 4.79 Å². The van der Waals surface area contributed by atoms with Crippen molar-refractivity contribution < 1.29 is 19.4 Å². The number of unbranched alkanes of at least 4 members (excludes halogenated alkanes) is 3. The first-order chi connectivity index (χ1) is 11.8. The number of carbonyl (C=O) groups is 1. The van der Waals surface area contributed by atoms with Crippen molar-refractivity contribution in [3.63, 3.8) is 0 Å². The lowest BCUT2D eigenvalue weighted by molar-refractivity contribution is -0.137. The molecule has 1 aliphatic carbocycles. The molecule has 0 radical (unpaired) electrons. The van der Waals surface area contributed by atoms with Crippen LogP contribution < -0.4 is 0 Å². The molecule has 2 atom stereocenters. The summed E-state index contributed by atoms with van der Waals surface area (Å²) in [5.74, 6) is 1.60. The van der Waals surface area contributed by atoms with Crippen LogP contribution in [0.1, 0.15) is 77.0 Å². The molecule has 140 valence electrons. The Hall–Kier alpha value is -0.610. The highest BCUT2D eigenvalue weighted by atomic mass is 16.5. The Morgan fingerprint density at radius 1 is 0.917 bits per heavy atom. The molecule has 0 bridgehead atoms.